The molecule has 2 aliphatic rings. The highest BCUT2D eigenvalue weighted by Gasteiger charge is 2.31. The lowest BCUT2D eigenvalue weighted by atomic mass is 9.92. The number of carbonyl (C=O) groups excluding carboxylic acids is 1. The molecule has 4 rings (SSSR count). The molecule has 0 bridgehead atoms. The van der Waals surface area contributed by atoms with Gasteiger partial charge in [0.15, 0.2) is 0 Å². The van der Waals surface area contributed by atoms with Crippen LogP contribution in [0, 0.1) is 11.8 Å². The van der Waals surface area contributed by atoms with Gasteiger partial charge in [0.1, 0.15) is 5.65 Å². The molecule has 2 atom stereocenters. The number of aromatic nitrogens is 3. The van der Waals surface area contributed by atoms with Gasteiger partial charge in [-0.25, -0.2) is 9.78 Å². The largest absolute Gasteiger partial charge is 0.339 e. The Hall–Kier alpha value is -2.48. The van der Waals surface area contributed by atoms with E-state index in [-0.39, 0.29) is 16.9 Å². The number of carbonyl (C=O) groups is 1. The second-order valence-electron chi connectivity index (χ2n) is 6.58. The van der Waals surface area contributed by atoms with Crippen molar-refractivity contribution in [2.45, 2.75) is 12.8 Å². The molecular weight excluding hydrogens is 310 g/mol. The minimum absolute atomic E-state index is 0.108. The van der Waals surface area contributed by atoms with Crippen LogP contribution in [0.5, 0.6) is 0 Å². The van der Waals surface area contributed by atoms with Crippen molar-refractivity contribution in [1.29, 1.82) is 0 Å². The molecule has 2 aromatic heterocycles. The van der Waals surface area contributed by atoms with Gasteiger partial charge >= 0.3 is 5.69 Å². The molecule has 2 saturated heterocycles. The van der Waals surface area contributed by atoms with E-state index in [2.05, 4.69) is 20.3 Å². The standard InChI is InChI=1S/C16H19N5O3/c22-14-12-5-11(8-18-13(12)19-16(24)20-14)15(23)21-3-1-9-6-17-7-10(9)2-4-21/h5,8-10,17H,1-4,6-7H2,(H2,18,19,20,22,24)/t9-,10+. The van der Waals surface area contributed by atoms with E-state index in [1.165, 1.54) is 12.3 Å². The van der Waals surface area contributed by atoms with E-state index in [1.807, 2.05) is 4.90 Å². The minimum atomic E-state index is -0.605. The summed E-state index contributed by atoms with van der Waals surface area (Å²) in [6, 6.07) is 1.51. The first kappa shape index (κ1) is 15.1. The first-order valence-corrected chi connectivity index (χ1v) is 8.24. The minimum Gasteiger partial charge on any atom is -0.339 e. The number of hydrogen-bond acceptors (Lipinski definition) is 5. The summed E-state index contributed by atoms with van der Waals surface area (Å²) in [6.45, 7) is 3.52. The van der Waals surface area contributed by atoms with Crippen LogP contribution in [0.15, 0.2) is 21.9 Å². The van der Waals surface area contributed by atoms with Crippen molar-refractivity contribution >= 4 is 16.9 Å². The highest BCUT2D eigenvalue weighted by atomic mass is 16.2. The quantitative estimate of drug-likeness (QED) is 0.664. The van der Waals surface area contributed by atoms with Crippen LogP contribution in [0.3, 0.4) is 0 Å². The van der Waals surface area contributed by atoms with Gasteiger partial charge in [-0.3, -0.25) is 19.6 Å². The van der Waals surface area contributed by atoms with E-state index in [1.54, 1.807) is 0 Å². The summed E-state index contributed by atoms with van der Waals surface area (Å²) in [7, 11) is 0. The topological polar surface area (TPSA) is 111 Å². The fourth-order valence-corrected chi connectivity index (χ4v) is 3.77. The van der Waals surface area contributed by atoms with Crippen LogP contribution in [0.2, 0.25) is 0 Å². The number of nitrogens with zero attached hydrogens (tertiary/aromatic N) is 2. The van der Waals surface area contributed by atoms with Gasteiger partial charge in [0.05, 0.1) is 10.9 Å². The van der Waals surface area contributed by atoms with E-state index in [4.69, 9.17) is 0 Å². The number of fused-ring (bicyclic) bond motifs is 2. The van der Waals surface area contributed by atoms with E-state index in [0.29, 0.717) is 17.4 Å². The summed E-state index contributed by atoms with van der Waals surface area (Å²) in [6.07, 6.45) is 3.42. The van der Waals surface area contributed by atoms with Crippen molar-refractivity contribution in [1.82, 2.24) is 25.2 Å². The number of nitrogens with one attached hydrogen (secondary N) is 3. The predicted molar refractivity (Wildman–Crippen MR) is 88.0 cm³/mol. The van der Waals surface area contributed by atoms with Crippen LogP contribution >= 0.6 is 0 Å². The second kappa shape index (κ2) is 5.86. The smallest absolute Gasteiger partial charge is 0.327 e. The fraction of sp³-hybridized carbons (Fsp3) is 0.500. The normalized spacial score (nSPS) is 23.9. The Morgan fingerprint density at radius 1 is 1.12 bits per heavy atom. The summed E-state index contributed by atoms with van der Waals surface area (Å²) in [4.78, 5) is 46.5. The highest BCUT2D eigenvalue weighted by Crippen LogP contribution is 2.27. The zero-order valence-corrected chi connectivity index (χ0v) is 13.2. The molecule has 0 aliphatic carbocycles. The van der Waals surface area contributed by atoms with Crippen LogP contribution in [0.1, 0.15) is 23.2 Å². The molecule has 24 heavy (non-hydrogen) atoms. The number of aromatic amines is 2. The highest BCUT2D eigenvalue weighted by molar-refractivity contribution is 5.96. The molecule has 1 amide bonds. The molecule has 2 fully saturated rings. The molecule has 0 spiro atoms. The third-order valence-electron chi connectivity index (χ3n) is 5.14. The zero-order valence-electron chi connectivity index (χ0n) is 13.2. The summed E-state index contributed by atoms with van der Waals surface area (Å²) in [5.41, 5.74) is -0.568. The van der Waals surface area contributed by atoms with Crippen molar-refractivity contribution in [2.24, 2.45) is 11.8 Å². The van der Waals surface area contributed by atoms with E-state index in [9.17, 15) is 14.4 Å². The Kier molecular flexibility index (Phi) is 3.68. The van der Waals surface area contributed by atoms with Crippen LogP contribution < -0.4 is 16.6 Å². The van der Waals surface area contributed by atoms with Gasteiger partial charge in [0.25, 0.3) is 11.5 Å². The number of H-pyrrole nitrogens is 2. The third kappa shape index (κ3) is 2.62. The van der Waals surface area contributed by atoms with Gasteiger partial charge in [-0.15, -0.1) is 0 Å². The lowest BCUT2D eigenvalue weighted by Crippen LogP contribution is -2.33. The molecule has 2 aliphatic heterocycles. The van der Waals surface area contributed by atoms with E-state index in [0.717, 1.165) is 39.0 Å². The first-order chi connectivity index (χ1) is 11.6. The molecule has 0 saturated carbocycles. The maximum Gasteiger partial charge on any atom is 0.327 e. The van der Waals surface area contributed by atoms with E-state index < -0.39 is 11.2 Å². The Morgan fingerprint density at radius 2 is 1.83 bits per heavy atom. The van der Waals surface area contributed by atoms with Crippen molar-refractivity contribution in [3.05, 3.63) is 38.7 Å². The molecular formula is C16H19N5O3. The van der Waals surface area contributed by atoms with Crippen LogP contribution in [0.25, 0.3) is 11.0 Å². The Labute approximate surface area is 137 Å². The summed E-state index contributed by atoms with van der Waals surface area (Å²) in [5, 5.41) is 3.64. The average Bonchev–Trinajstić information content (AvgIpc) is 2.92. The van der Waals surface area contributed by atoms with Crippen molar-refractivity contribution < 1.29 is 4.79 Å². The van der Waals surface area contributed by atoms with Crippen LogP contribution in [-0.4, -0.2) is 51.9 Å². The van der Waals surface area contributed by atoms with Crippen molar-refractivity contribution in [2.75, 3.05) is 26.2 Å². The zero-order chi connectivity index (χ0) is 16.7. The number of hydrogen-bond donors (Lipinski definition) is 3. The molecule has 2 aromatic rings. The molecule has 3 N–H and O–H groups in total. The number of amides is 1. The maximum absolute atomic E-state index is 12.8. The average molecular weight is 329 g/mol. The lowest BCUT2D eigenvalue weighted by molar-refractivity contribution is 0.0758. The molecule has 0 unspecified atom stereocenters. The SMILES string of the molecule is O=C(c1cnc2[nH]c(=O)[nH]c(=O)c2c1)N1CC[C@@H]2CNC[C@@H]2CC1. The van der Waals surface area contributed by atoms with Gasteiger partial charge in [0.2, 0.25) is 0 Å². The Bertz CT molecular complexity index is 888. The third-order valence-corrected chi connectivity index (χ3v) is 5.14. The molecule has 0 radical (unpaired) electrons. The number of likely N-dealkylation sites (tertiary alicyclic amines) is 1. The molecule has 0 aromatic carbocycles. The summed E-state index contributed by atoms with van der Waals surface area (Å²) < 4.78 is 0. The van der Waals surface area contributed by atoms with Gasteiger partial charge in [-0.1, -0.05) is 0 Å². The lowest BCUT2D eigenvalue weighted by Gasteiger charge is -2.20. The van der Waals surface area contributed by atoms with Crippen molar-refractivity contribution in [3.63, 3.8) is 0 Å². The molecule has 8 heteroatoms. The molecule has 8 nitrogen and oxygen atoms in total. The van der Waals surface area contributed by atoms with Gasteiger partial charge in [-0.2, -0.15) is 0 Å². The van der Waals surface area contributed by atoms with Gasteiger partial charge in [-0.05, 0) is 43.8 Å². The monoisotopic (exact) mass is 329 g/mol. The van der Waals surface area contributed by atoms with E-state index >= 15 is 0 Å². The predicted octanol–water partition coefficient (Wildman–Crippen LogP) is -0.317. The Balaban J connectivity index is 1.61. The molecule has 4 heterocycles. The van der Waals surface area contributed by atoms with Gasteiger partial charge in [0, 0.05) is 19.3 Å². The fourth-order valence-electron chi connectivity index (χ4n) is 3.77. The summed E-state index contributed by atoms with van der Waals surface area (Å²) in [5.74, 6) is 1.18. The first-order valence-electron chi connectivity index (χ1n) is 8.24. The van der Waals surface area contributed by atoms with Gasteiger partial charge < -0.3 is 10.2 Å². The molecule has 126 valence electrons. The second-order valence-corrected chi connectivity index (χ2v) is 6.58. The maximum atomic E-state index is 12.8. The van der Waals surface area contributed by atoms with Crippen LogP contribution in [0.4, 0.5) is 0 Å². The Morgan fingerprint density at radius 3 is 2.54 bits per heavy atom. The number of pyridine rings is 1. The number of rotatable bonds is 1. The van der Waals surface area contributed by atoms with Crippen molar-refractivity contribution in [3.8, 4) is 0 Å². The van der Waals surface area contributed by atoms with Crippen LogP contribution in [-0.2, 0) is 0 Å². The summed E-state index contributed by atoms with van der Waals surface area (Å²) >= 11 is 0.